The van der Waals surface area contributed by atoms with E-state index in [1.54, 1.807) is 14.2 Å². The van der Waals surface area contributed by atoms with Gasteiger partial charge in [-0.05, 0) is 73.4 Å². The van der Waals surface area contributed by atoms with E-state index in [-0.39, 0.29) is 59.8 Å². The maximum absolute atomic E-state index is 12.9. The van der Waals surface area contributed by atoms with Crippen LogP contribution in [0.1, 0.15) is 189 Å². The fourth-order valence-electron chi connectivity index (χ4n) is 11.0. The fraction of sp³-hybridized carbons (Fsp3) is 0.737. The van der Waals surface area contributed by atoms with Gasteiger partial charge in [0.1, 0.15) is 19.7 Å². The van der Waals surface area contributed by atoms with Gasteiger partial charge in [0.15, 0.2) is 0 Å². The molecule has 2 fully saturated rings. The summed E-state index contributed by atoms with van der Waals surface area (Å²) in [4.78, 5) is 12.9. The average Bonchev–Trinajstić information content (AvgIpc) is 4.09. The molecule has 0 aliphatic carbocycles. The molecule has 0 amide bonds. The minimum absolute atomic E-state index is 0.0333. The van der Waals surface area contributed by atoms with Gasteiger partial charge in [-0.15, -0.1) is 0 Å². The Morgan fingerprint density at radius 2 is 1.04 bits per heavy atom. The number of unbranched alkanes of at least 4 members (excludes halogenated alkanes) is 14. The lowest BCUT2D eigenvalue weighted by atomic mass is 10.00. The summed E-state index contributed by atoms with van der Waals surface area (Å²) in [5.41, 5.74) is 0.753. The first-order valence-electron chi connectivity index (χ1n) is 26.8. The molecule has 2 aromatic rings. The normalized spacial score (nSPS) is 22.5. The molecule has 67 heavy (non-hydrogen) atoms. The number of hydrogen-bond acceptors (Lipinski definition) is 9. The van der Waals surface area contributed by atoms with Crippen LogP contribution >= 0.6 is 0 Å². The molecule has 2 aromatic carbocycles. The number of hydrogen-bond donors (Lipinski definition) is 0. The van der Waals surface area contributed by atoms with Crippen LogP contribution in [0.4, 0.5) is 0 Å². The molecule has 0 spiro atoms. The number of carbonyl (C=O) groups is 1. The van der Waals surface area contributed by atoms with Gasteiger partial charge in [0.2, 0.25) is 0 Å². The van der Waals surface area contributed by atoms with Crippen molar-refractivity contribution >= 4 is 24.7 Å². The zero-order valence-corrected chi connectivity index (χ0v) is 44.0. The molecule has 3 aliphatic heterocycles. The minimum Gasteiger partial charge on any atom is -0.455 e. The first-order valence-corrected chi connectivity index (χ1v) is 28.7. The molecule has 0 bridgehead atoms. The van der Waals surface area contributed by atoms with Gasteiger partial charge in [-0.2, -0.15) is 0 Å². The van der Waals surface area contributed by atoms with E-state index in [2.05, 4.69) is 88.4 Å². The van der Waals surface area contributed by atoms with Crippen LogP contribution < -0.4 is 10.4 Å². The van der Waals surface area contributed by atoms with Crippen LogP contribution in [-0.4, -0.2) is 90.9 Å². The highest BCUT2D eigenvalue weighted by molar-refractivity contribution is 6.99. The SMILES string of the molecule is CCCCCCCCCC[C@@H](OCOC)[C@H]1CC[C@@H]([C@H]2CC[C@H]([C@@H](CCCCCCCCCC[C@H](CC3=C[C@H](C)OC3=O)O[Si](c3ccccc3)(c3ccccc3)C(C)(C)C)OCOC)O2)O1. The van der Waals surface area contributed by atoms with E-state index in [9.17, 15) is 4.79 Å². The van der Waals surface area contributed by atoms with E-state index >= 15 is 0 Å². The number of rotatable bonds is 35. The highest BCUT2D eigenvalue weighted by atomic mass is 28.4. The minimum atomic E-state index is -2.79. The third-order valence-electron chi connectivity index (χ3n) is 14.5. The smallest absolute Gasteiger partial charge is 0.334 e. The van der Waals surface area contributed by atoms with Crippen molar-refractivity contribution in [3.63, 3.8) is 0 Å². The molecule has 0 radical (unpaired) electrons. The van der Waals surface area contributed by atoms with E-state index in [0.717, 1.165) is 69.8 Å². The maximum atomic E-state index is 12.9. The molecule has 0 N–H and O–H groups in total. The highest BCUT2D eigenvalue weighted by Gasteiger charge is 2.51. The molecule has 0 unspecified atom stereocenters. The first-order chi connectivity index (χ1) is 32.6. The Bertz CT molecular complexity index is 1610. The van der Waals surface area contributed by atoms with Crippen molar-refractivity contribution in [1.29, 1.82) is 0 Å². The number of ether oxygens (including phenoxy) is 7. The predicted molar refractivity (Wildman–Crippen MR) is 273 cm³/mol. The Labute approximate surface area is 408 Å². The van der Waals surface area contributed by atoms with Crippen molar-refractivity contribution in [2.45, 2.75) is 243 Å². The zero-order chi connectivity index (χ0) is 47.7. The predicted octanol–water partition coefficient (Wildman–Crippen LogP) is 12.7. The summed E-state index contributed by atoms with van der Waals surface area (Å²) in [6.45, 7) is 11.8. The van der Waals surface area contributed by atoms with E-state index in [4.69, 9.17) is 37.6 Å². The molecule has 0 aromatic heterocycles. The number of methoxy groups -OCH3 is 2. The van der Waals surface area contributed by atoms with Crippen LogP contribution in [0.2, 0.25) is 5.04 Å². The van der Waals surface area contributed by atoms with Crippen LogP contribution in [-0.2, 0) is 42.4 Å². The summed E-state index contributed by atoms with van der Waals surface area (Å²) in [6, 6.07) is 21.7. The third kappa shape index (κ3) is 17.7. The van der Waals surface area contributed by atoms with Crippen LogP contribution in [0.5, 0.6) is 0 Å². The van der Waals surface area contributed by atoms with E-state index in [0.29, 0.717) is 20.0 Å². The lowest BCUT2D eigenvalue weighted by Crippen LogP contribution is -2.67. The highest BCUT2D eigenvalue weighted by Crippen LogP contribution is 2.40. The first kappa shape index (κ1) is 55.5. The average molecular weight is 949 g/mol. The molecule has 0 saturated carbocycles. The van der Waals surface area contributed by atoms with Crippen molar-refractivity contribution in [1.82, 2.24) is 0 Å². The second-order valence-electron chi connectivity index (χ2n) is 20.9. The molecule has 5 rings (SSSR count). The molecular formula is C57H92O9Si. The van der Waals surface area contributed by atoms with Crippen LogP contribution in [0, 0.1) is 0 Å². The topological polar surface area (TPSA) is 90.9 Å². The third-order valence-corrected chi connectivity index (χ3v) is 19.6. The molecular weight excluding hydrogens is 857 g/mol. The van der Waals surface area contributed by atoms with Crippen molar-refractivity contribution in [2.75, 3.05) is 27.8 Å². The zero-order valence-electron chi connectivity index (χ0n) is 43.0. The molecule has 8 atom stereocenters. The lowest BCUT2D eigenvalue weighted by Gasteiger charge is -2.45. The van der Waals surface area contributed by atoms with Crippen molar-refractivity contribution in [3.8, 4) is 0 Å². The van der Waals surface area contributed by atoms with E-state index in [1.165, 1.54) is 93.8 Å². The largest absolute Gasteiger partial charge is 0.455 e. The summed E-state index contributed by atoms with van der Waals surface area (Å²) < 4.78 is 49.8. The number of carbonyl (C=O) groups excluding carboxylic acids is 1. The Hall–Kier alpha value is -2.41. The number of cyclic esters (lactones) is 1. The van der Waals surface area contributed by atoms with Crippen molar-refractivity contribution < 1.29 is 42.4 Å². The second kappa shape index (κ2) is 30.4. The van der Waals surface area contributed by atoms with Gasteiger partial charge in [-0.3, -0.25) is 0 Å². The van der Waals surface area contributed by atoms with Gasteiger partial charge in [0.05, 0.1) is 42.7 Å². The second-order valence-corrected chi connectivity index (χ2v) is 25.1. The maximum Gasteiger partial charge on any atom is 0.334 e. The molecule has 2 saturated heterocycles. The van der Waals surface area contributed by atoms with Gasteiger partial charge in [0.25, 0.3) is 8.32 Å². The van der Waals surface area contributed by atoms with Gasteiger partial charge in [0, 0.05) is 26.2 Å². The molecule has 9 nitrogen and oxygen atoms in total. The fourth-order valence-corrected chi connectivity index (χ4v) is 15.7. The Morgan fingerprint density at radius 3 is 1.45 bits per heavy atom. The van der Waals surface area contributed by atoms with E-state index in [1.807, 2.05) is 13.0 Å². The molecule has 10 heteroatoms. The molecule has 3 aliphatic rings. The Balaban J connectivity index is 1.03. The van der Waals surface area contributed by atoms with Crippen LogP contribution in [0.3, 0.4) is 0 Å². The number of benzene rings is 2. The standard InChI is InChI=1S/C57H92O9Si/c1-8-9-10-11-12-16-19-28-35-50(61-43-59-6)52-37-39-54(64-52)55-40-38-53(65-55)51(62-44-60-7)36-29-20-17-14-13-15-18-23-30-47(42-46-41-45(2)63-56(46)58)66-67(57(3,4)5,48-31-24-21-25-32-48)49-33-26-22-27-34-49/h21-22,24-27,31-34,41,45,47,50-55H,8-20,23,28-30,35-40,42-44H2,1-7H3/t45-,47+,50+,51+,52+,53+,54-,55+/m0/s1. The summed E-state index contributed by atoms with van der Waals surface area (Å²) in [6.07, 6.45) is 29.6. The molecule has 3 heterocycles. The van der Waals surface area contributed by atoms with E-state index < -0.39 is 8.32 Å². The quantitative estimate of drug-likeness (QED) is 0.0290. The monoisotopic (exact) mass is 949 g/mol. The van der Waals surface area contributed by atoms with Crippen LogP contribution in [0.15, 0.2) is 72.3 Å². The lowest BCUT2D eigenvalue weighted by molar-refractivity contribution is -0.158. The van der Waals surface area contributed by atoms with Gasteiger partial charge < -0.3 is 37.6 Å². The summed E-state index contributed by atoms with van der Waals surface area (Å²) in [7, 11) is 0.611. The summed E-state index contributed by atoms with van der Waals surface area (Å²) in [5.74, 6) is -0.199. The van der Waals surface area contributed by atoms with Gasteiger partial charge in [-0.1, -0.05) is 191 Å². The summed E-state index contributed by atoms with van der Waals surface area (Å²) >= 11 is 0. The Kier molecular flexibility index (Phi) is 25.1. The van der Waals surface area contributed by atoms with Gasteiger partial charge in [-0.25, -0.2) is 4.79 Å². The van der Waals surface area contributed by atoms with Crippen LogP contribution in [0.25, 0.3) is 0 Å². The molecule has 378 valence electrons. The Morgan fingerprint density at radius 1 is 0.612 bits per heavy atom. The summed E-state index contributed by atoms with van der Waals surface area (Å²) in [5, 5.41) is 2.39. The van der Waals surface area contributed by atoms with Gasteiger partial charge >= 0.3 is 5.97 Å². The number of esters is 1. The van der Waals surface area contributed by atoms with Crippen molar-refractivity contribution in [3.05, 3.63) is 72.3 Å². The van der Waals surface area contributed by atoms with Crippen molar-refractivity contribution in [2.24, 2.45) is 0 Å².